The summed E-state index contributed by atoms with van der Waals surface area (Å²) < 4.78 is 41.4. The maximum Gasteiger partial charge on any atom is 0.433 e. The van der Waals surface area contributed by atoms with Gasteiger partial charge in [0.25, 0.3) is 0 Å². The molecular weight excluding hydrogens is 467 g/mol. The molecule has 1 aromatic carbocycles. The average molecular weight is 494 g/mol. The Morgan fingerprint density at radius 2 is 1.88 bits per heavy atom. The first-order valence-corrected chi connectivity index (χ1v) is 11.9. The average Bonchev–Trinajstić information content (AvgIpc) is 3.06. The van der Waals surface area contributed by atoms with E-state index in [2.05, 4.69) is 9.97 Å². The van der Waals surface area contributed by atoms with E-state index in [0.717, 1.165) is 25.3 Å². The van der Waals surface area contributed by atoms with Crippen molar-refractivity contribution in [1.29, 1.82) is 0 Å². The number of hydrogen-bond donors (Lipinski definition) is 1. The molecule has 1 saturated carbocycles. The molecule has 1 atom stereocenters. The molecule has 1 aliphatic rings. The Bertz CT molecular complexity index is 1190. The van der Waals surface area contributed by atoms with E-state index in [-0.39, 0.29) is 23.9 Å². The van der Waals surface area contributed by atoms with E-state index >= 15 is 0 Å². The fourth-order valence-corrected chi connectivity index (χ4v) is 4.79. The van der Waals surface area contributed by atoms with Gasteiger partial charge >= 0.3 is 6.18 Å². The molecule has 1 N–H and O–H groups in total. The lowest BCUT2D eigenvalue weighted by molar-refractivity contribution is -0.141. The number of nitrogens with zero attached hydrogens (tertiary/aromatic N) is 3. The van der Waals surface area contributed by atoms with Crippen LogP contribution >= 0.6 is 11.6 Å². The largest absolute Gasteiger partial charge is 0.433 e. The molecule has 2 heterocycles. The number of unbranched alkanes of at least 4 members (excludes halogenated alkanes) is 1. The molecule has 34 heavy (non-hydrogen) atoms. The first kappa shape index (κ1) is 24.7. The smallest absolute Gasteiger partial charge is 0.385 e. The van der Waals surface area contributed by atoms with E-state index in [0.29, 0.717) is 47.6 Å². The number of benzene rings is 1. The van der Waals surface area contributed by atoms with Crippen molar-refractivity contribution in [3.05, 3.63) is 58.5 Å². The fraction of sp³-hybridized carbons (Fsp3) is 0.480. The second kappa shape index (κ2) is 9.66. The summed E-state index contributed by atoms with van der Waals surface area (Å²) in [4.78, 5) is 21.0. The molecule has 0 radical (unpaired) electrons. The van der Waals surface area contributed by atoms with Gasteiger partial charge in [-0.05, 0) is 57.2 Å². The fourth-order valence-electron chi connectivity index (χ4n) is 4.45. The molecule has 1 unspecified atom stereocenters. The number of carbonyl (C=O) groups is 1. The number of aryl methyl sites for hydroxylation is 1. The first-order valence-electron chi connectivity index (χ1n) is 11.5. The van der Waals surface area contributed by atoms with Crippen molar-refractivity contribution < 1.29 is 23.1 Å². The highest BCUT2D eigenvalue weighted by atomic mass is 35.5. The Morgan fingerprint density at radius 1 is 1.15 bits per heavy atom. The third-order valence-electron chi connectivity index (χ3n) is 6.44. The van der Waals surface area contributed by atoms with Crippen LogP contribution in [0.1, 0.15) is 75.0 Å². The van der Waals surface area contributed by atoms with Crippen LogP contribution in [0.25, 0.3) is 11.2 Å². The quantitative estimate of drug-likeness (QED) is 0.350. The van der Waals surface area contributed by atoms with E-state index in [1.807, 2.05) is 4.57 Å². The van der Waals surface area contributed by atoms with Crippen LogP contribution in [0.15, 0.2) is 36.4 Å². The lowest BCUT2D eigenvalue weighted by Crippen LogP contribution is -2.25. The zero-order valence-corrected chi connectivity index (χ0v) is 19.7. The predicted octanol–water partition coefficient (Wildman–Crippen LogP) is 6.41. The highest BCUT2D eigenvalue weighted by Gasteiger charge is 2.34. The van der Waals surface area contributed by atoms with Crippen LogP contribution in [0.4, 0.5) is 13.2 Å². The molecule has 182 valence electrons. The van der Waals surface area contributed by atoms with Gasteiger partial charge in [0, 0.05) is 35.9 Å². The summed E-state index contributed by atoms with van der Waals surface area (Å²) in [6.45, 7) is 1.58. The Balaban J connectivity index is 1.40. The Labute approximate surface area is 201 Å². The summed E-state index contributed by atoms with van der Waals surface area (Å²) in [7, 11) is 0. The molecule has 3 aromatic rings. The minimum Gasteiger partial charge on any atom is -0.385 e. The monoisotopic (exact) mass is 493 g/mol. The number of fused-ring (bicyclic) bond motifs is 1. The van der Waals surface area contributed by atoms with Crippen LogP contribution in [-0.4, -0.2) is 25.4 Å². The van der Waals surface area contributed by atoms with Crippen molar-refractivity contribution in [2.75, 3.05) is 0 Å². The number of hydrogen-bond acceptors (Lipinski definition) is 4. The van der Waals surface area contributed by atoms with E-state index in [9.17, 15) is 23.1 Å². The first-order chi connectivity index (χ1) is 16.1. The number of aliphatic hydroxyl groups is 1. The Kier molecular flexibility index (Phi) is 7.01. The lowest BCUT2D eigenvalue weighted by atomic mass is 9.89. The van der Waals surface area contributed by atoms with Gasteiger partial charge in [-0.2, -0.15) is 13.2 Å². The van der Waals surface area contributed by atoms with E-state index < -0.39 is 17.5 Å². The van der Waals surface area contributed by atoms with Gasteiger partial charge in [0.05, 0.1) is 5.60 Å². The summed E-state index contributed by atoms with van der Waals surface area (Å²) in [6.07, 6.45) is 0.356. The van der Waals surface area contributed by atoms with Crippen molar-refractivity contribution in [3.63, 3.8) is 0 Å². The van der Waals surface area contributed by atoms with Gasteiger partial charge in [-0.15, -0.1) is 0 Å². The van der Waals surface area contributed by atoms with Crippen molar-refractivity contribution >= 4 is 28.5 Å². The minimum absolute atomic E-state index is 0.0402. The van der Waals surface area contributed by atoms with Crippen LogP contribution in [0.2, 0.25) is 5.02 Å². The van der Waals surface area contributed by atoms with Crippen LogP contribution < -0.4 is 0 Å². The molecule has 4 rings (SSSR count). The zero-order valence-electron chi connectivity index (χ0n) is 18.9. The minimum atomic E-state index is -4.51. The van der Waals surface area contributed by atoms with Crippen molar-refractivity contribution in [3.8, 4) is 0 Å². The van der Waals surface area contributed by atoms with E-state index in [1.54, 1.807) is 31.2 Å². The van der Waals surface area contributed by atoms with Crippen molar-refractivity contribution in [2.24, 2.45) is 0 Å². The van der Waals surface area contributed by atoms with Gasteiger partial charge in [-0.1, -0.05) is 29.8 Å². The van der Waals surface area contributed by atoms with Gasteiger partial charge in [0.15, 0.2) is 5.65 Å². The number of aromatic nitrogens is 3. The number of pyridine rings is 1. The molecule has 1 fully saturated rings. The molecule has 0 bridgehead atoms. The molecule has 2 aromatic heterocycles. The number of carbonyl (C=O) groups excluding carboxylic acids is 1. The topological polar surface area (TPSA) is 68.0 Å². The van der Waals surface area contributed by atoms with E-state index in [4.69, 9.17) is 11.6 Å². The van der Waals surface area contributed by atoms with Crippen LogP contribution in [-0.2, 0) is 23.0 Å². The highest BCUT2D eigenvalue weighted by molar-refractivity contribution is 6.31. The highest BCUT2D eigenvalue weighted by Crippen LogP contribution is 2.37. The summed E-state index contributed by atoms with van der Waals surface area (Å²) in [5.74, 6) is 0.635. The predicted molar refractivity (Wildman–Crippen MR) is 124 cm³/mol. The van der Waals surface area contributed by atoms with E-state index in [1.165, 1.54) is 6.07 Å². The number of alkyl halides is 3. The van der Waals surface area contributed by atoms with Crippen molar-refractivity contribution in [2.45, 2.75) is 76.1 Å². The summed E-state index contributed by atoms with van der Waals surface area (Å²) in [6, 6.07) is 9.37. The second-order valence-electron chi connectivity index (χ2n) is 9.20. The summed E-state index contributed by atoms with van der Waals surface area (Å²) in [5.41, 5.74) is -1.01. The lowest BCUT2D eigenvalue weighted by Gasteiger charge is -2.29. The Hall–Kier alpha value is -2.45. The molecule has 9 heteroatoms. The number of ketones is 1. The maximum atomic E-state index is 13.2. The molecule has 0 amide bonds. The van der Waals surface area contributed by atoms with Crippen LogP contribution in [0, 0.1) is 0 Å². The molecule has 5 nitrogen and oxygen atoms in total. The van der Waals surface area contributed by atoms with Gasteiger partial charge in [-0.3, -0.25) is 4.79 Å². The number of halogens is 4. The normalized spacial score (nSPS) is 16.4. The SMILES string of the molecule is CC(O)(CC(=O)CCCCc1nc2ccc(C(F)(F)F)nc2n1C1CCC1)c1ccccc1Cl. The number of imidazole rings is 1. The standard InChI is InChI=1S/C25H27ClF3N3O2/c1-24(34,18-10-3-4-11-19(18)26)15-17(33)9-2-5-12-22-30-20-13-14-21(25(27,28)29)31-23(20)32(22)16-7-6-8-16/h3-4,10-11,13-14,16,34H,2,5-9,12,15H2,1H3. The van der Waals surface area contributed by atoms with Gasteiger partial charge in [-0.25, -0.2) is 9.97 Å². The molecule has 0 aliphatic heterocycles. The maximum absolute atomic E-state index is 13.2. The number of Topliss-reactive ketones (excluding diaryl/α,β-unsaturated/α-hetero) is 1. The number of rotatable bonds is 9. The second-order valence-corrected chi connectivity index (χ2v) is 9.60. The van der Waals surface area contributed by atoms with Gasteiger partial charge < -0.3 is 9.67 Å². The summed E-state index contributed by atoms with van der Waals surface area (Å²) >= 11 is 6.16. The Morgan fingerprint density at radius 3 is 2.53 bits per heavy atom. The van der Waals surface area contributed by atoms with Crippen LogP contribution in [0.3, 0.4) is 0 Å². The van der Waals surface area contributed by atoms with Crippen molar-refractivity contribution in [1.82, 2.24) is 14.5 Å². The third-order valence-corrected chi connectivity index (χ3v) is 6.77. The molecule has 1 aliphatic carbocycles. The zero-order chi connectivity index (χ0) is 24.5. The van der Waals surface area contributed by atoms with Crippen LogP contribution in [0.5, 0.6) is 0 Å². The summed E-state index contributed by atoms with van der Waals surface area (Å²) in [5, 5.41) is 11.2. The van der Waals surface area contributed by atoms with Gasteiger partial charge in [0.2, 0.25) is 0 Å². The molecular formula is C25H27ClF3N3O2. The molecule has 0 spiro atoms. The third kappa shape index (κ3) is 5.28. The molecule has 0 saturated heterocycles. The van der Waals surface area contributed by atoms with Gasteiger partial charge in [0.1, 0.15) is 22.8 Å².